The number of anilines is 1. The van der Waals surface area contributed by atoms with Crippen molar-refractivity contribution >= 4 is 33.0 Å². The molecule has 2 N–H and O–H groups in total. The topological polar surface area (TPSA) is 86.7 Å². The minimum atomic E-state index is -3.67. The SMILES string of the molecule is O=C(Nc1cccc(O)c1)c1cc(S(=O)(=O)N2CCc3ccccc3C2)cs1. The van der Waals surface area contributed by atoms with Crippen molar-refractivity contribution in [1.82, 2.24) is 4.31 Å². The van der Waals surface area contributed by atoms with E-state index >= 15 is 0 Å². The predicted octanol–water partition coefficient (Wildman–Crippen LogP) is 3.45. The van der Waals surface area contributed by atoms with Crippen LogP contribution in [0.2, 0.25) is 0 Å². The molecular weight excluding hydrogens is 396 g/mol. The molecule has 0 atom stereocenters. The summed E-state index contributed by atoms with van der Waals surface area (Å²) in [5.74, 6) is -0.376. The Bertz CT molecular complexity index is 1140. The van der Waals surface area contributed by atoms with Gasteiger partial charge in [-0.15, -0.1) is 11.3 Å². The highest BCUT2D eigenvalue weighted by atomic mass is 32.2. The normalized spacial score (nSPS) is 14.4. The van der Waals surface area contributed by atoms with Crippen molar-refractivity contribution in [2.45, 2.75) is 17.9 Å². The minimum Gasteiger partial charge on any atom is -0.508 e. The number of carbonyl (C=O) groups is 1. The Hall–Kier alpha value is -2.68. The molecular formula is C20H18N2O4S2. The number of phenols is 1. The summed E-state index contributed by atoms with van der Waals surface area (Å²) >= 11 is 1.08. The second-order valence-corrected chi connectivity index (χ2v) is 9.36. The molecule has 0 fully saturated rings. The predicted molar refractivity (Wildman–Crippen MR) is 108 cm³/mol. The Morgan fingerprint density at radius 2 is 1.86 bits per heavy atom. The van der Waals surface area contributed by atoms with Crippen LogP contribution in [0.25, 0.3) is 0 Å². The van der Waals surface area contributed by atoms with E-state index in [1.54, 1.807) is 12.1 Å². The van der Waals surface area contributed by atoms with Crippen molar-refractivity contribution < 1.29 is 18.3 Å². The van der Waals surface area contributed by atoms with E-state index in [0.29, 0.717) is 30.1 Å². The first-order valence-electron chi connectivity index (χ1n) is 8.69. The molecule has 1 amide bonds. The molecule has 1 aromatic heterocycles. The van der Waals surface area contributed by atoms with Crippen LogP contribution in [0.4, 0.5) is 5.69 Å². The van der Waals surface area contributed by atoms with Gasteiger partial charge in [0.2, 0.25) is 10.0 Å². The second kappa shape index (κ2) is 7.38. The first kappa shape index (κ1) is 18.7. The summed E-state index contributed by atoms with van der Waals surface area (Å²) in [5.41, 5.74) is 2.62. The molecule has 2 heterocycles. The molecule has 0 spiro atoms. The lowest BCUT2D eigenvalue weighted by Gasteiger charge is -2.27. The van der Waals surface area contributed by atoms with Gasteiger partial charge in [-0.25, -0.2) is 8.42 Å². The van der Waals surface area contributed by atoms with Gasteiger partial charge in [-0.05, 0) is 35.7 Å². The number of nitrogens with zero attached hydrogens (tertiary/aromatic N) is 1. The van der Waals surface area contributed by atoms with Crippen LogP contribution in [0, 0.1) is 0 Å². The quantitative estimate of drug-likeness (QED) is 0.685. The van der Waals surface area contributed by atoms with Gasteiger partial charge in [0.1, 0.15) is 5.75 Å². The van der Waals surface area contributed by atoms with Gasteiger partial charge in [-0.3, -0.25) is 4.79 Å². The highest BCUT2D eigenvalue weighted by molar-refractivity contribution is 7.89. The summed E-state index contributed by atoms with van der Waals surface area (Å²) in [4.78, 5) is 12.8. The summed E-state index contributed by atoms with van der Waals surface area (Å²) in [6.07, 6.45) is 0.671. The number of sulfonamides is 1. The smallest absolute Gasteiger partial charge is 0.265 e. The fraction of sp³-hybridized carbons (Fsp3) is 0.150. The van der Waals surface area contributed by atoms with Gasteiger partial charge in [0.05, 0.1) is 9.77 Å². The molecule has 4 rings (SSSR count). The number of hydrogen-bond donors (Lipinski definition) is 2. The standard InChI is InChI=1S/C20H18N2O4S2/c23-17-7-3-6-16(10-17)21-20(24)19-11-18(13-27-19)28(25,26)22-9-8-14-4-1-2-5-15(14)12-22/h1-7,10-11,13,23H,8-9,12H2,(H,21,24). The van der Waals surface area contributed by atoms with Gasteiger partial charge in [0, 0.05) is 30.2 Å². The molecule has 0 radical (unpaired) electrons. The van der Waals surface area contributed by atoms with Crippen LogP contribution in [0.15, 0.2) is 64.9 Å². The van der Waals surface area contributed by atoms with Crippen LogP contribution < -0.4 is 5.32 Å². The van der Waals surface area contributed by atoms with Crippen LogP contribution in [-0.4, -0.2) is 30.3 Å². The zero-order valence-corrected chi connectivity index (χ0v) is 16.5. The average Bonchev–Trinajstić information content (AvgIpc) is 3.19. The van der Waals surface area contributed by atoms with E-state index < -0.39 is 15.9 Å². The number of carbonyl (C=O) groups excluding carboxylic acids is 1. The first-order chi connectivity index (χ1) is 13.4. The van der Waals surface area contributed by atoms with E-state index in [4.69, 9.17) is 0 Å². The second-order valence-electron chi connectivity index (χ2n) is 6.51. The Balaban J connectivity index is 1.52. The van der Waals surface area contributed by atoms with Gasteiger partial charge in [-0.1, -0.05) is 30.3 Å². The van der Waals surface area contributed by atoms with Crippen molar-refractivity contribution in [3.05, 3.63) is 76.0 Å². The number of amides is 1. The van der Waals surface area contributed by atoms with E-state index in [1.165, 1.54) is 33.4 Å². The third kappa shape index (κ3) is 3.66. The molecule has 0 saturated heterocycles. The summed E-state index contributed by atoms with van der Waals surface area (Å²) < 4.78 is 27.5. The zero-order valence-electron chi connectivity index (χ0n) is 14.8. The monoisotopic (exact) mass is 414 g/mol. The molecule has 3 aromatic rings. The Labute approximate surface area is 167 Å². The van der Waals surface area contributed by atoms with Gasteiger partial charge < -0.3 is 10.4 Å². The Morgan fingerprint density at radius 1 is 1.07 bits per heavy atom. The van der Waals surface area contributed by atoms with Crippen LogP contribution in [0.5, 0.6) is 5.75 Å². The fourth-order valence-corrected chi connectivity index (χ4v) is 5.75. The summed E-state index contributed by atoms with van der Waals surface area (Å²) in [6.45, 7) is 0.749. The van der Waals surface area contributed by atoms with Crippen molar-refractivity contribution in [3.63, 3.8) is 0 Å². The number of fused-ring (bicyclic) bond motifs is 1. The maximum atomic E-state index is 13.0. The third-order valence-corrected chi connectivity index (χ3v) is 7.54. The number of rotatable bonds is 4. The number of hydrogen-bond acceptors (Lipinski definition) is 5. The maximum absolute atomic E-state index is 13.0. The first-order valence-corrected chi connectivity index (χ1v) is 11.0. The summed E-state index contributed by atoms with van der Waals surface area (Å²) in [7, 11) is -3.67. The molecule has 0 bridgehead atoms. The van der Waals surface area contributed by atoms with E-state index in [-0.39, 0.29) is 10.6 Å². The lowest BCUT2D eigenvalue weighted by molar-refractivity contribution is 0.103. The molecule has 2 aromatic carbocycles. The molecule has 28 heavy (non-hydrogen) atoms. The molecule has 1 aliphatic rings. The summed E-state index contributed by atoms with van der Waals surface area (Å²) in [6, 6.07) is 15.4. The lowest BCUT2D eigenvalue weighted by Crippen LogP contribution is -2.35. The molecule has 6 nitrogen and oxygen atoms in total. The molecule has 8 heteroatoms. The van der Waals surface area contributed by atoms with Gasteiger partial charge in [-0.2, -0.15) is 4.31 Å². The zero-order chi connectivity index (χ0) is 19.7. The van der Waals surface area contributed by atoms with Crippen molar-refractivity contribution in [2.75, 3.05) is 11.9 Å². The number of aromatic hydroxyl groups is 1. The largest absolute Gasteiger partial charge is 0.508 e. The lowest BCUT2D eigenvalue weighted by atomic mass is 10.0. The van der Waals surface area contributed by atoms with Crippen LogP contribution in [-0.2, 0) is 23.0 Å². The Kier molecular flexibility index (Phi) is 4.92. The molecule has 0 aliphatic carbocycles. The highest BCUT2D eigenvalue weighted by Gasteiger charge is 2.29. The molecule has 0 unspecified atom stereocenters. The molecule has 144 valence electrons. The highest BCUT2D eigenvalue weighted by Crippen LogP contribution is 2.28. The molecule has 0 saturated carbocycles. The minimum absolute atomic E-state index is 0.0395. The number of thiophene rings is 1. The Morgan fingerprint density at radius 3 is 2.64 bits per heavy atom. The van der Waals surface area contributed by atoms with Crippen LogP contribution in [0.1, 0.15) is 20.8 Å². The molecule has 1 aliphatic heterocycles. The third-order valence-electron chi connectivity index (χ3n) is 4.64. The van der Waals surface area contributed by atoms with Gasteiger partial charge in [0.15, 0.2) is 0 Å². The van der Waals surface area contributed by atoms with Crippen LogP contribution >= 0.6 is 11.3 Å². The fourth-order valence-electron chi connectivity index (χ4n) is 3.17. The average molecular weight is 415 g/mol. The van der Waals surface area contributed by atoms with Gasteiger partial charge >= 0.3 is 0 Å². The van der Waals surface area contributed by atoms with E-state index in [1.807, 2.05) is 24.3 Å². The van der Waals surface area contributed by atoms with Crippen LogP contribution in [0.3, 0.4) is 0 Å². The number of benzene rings is 2. The number of phenolic OH excluding ortho intramolecular Hbond substituents is 1. The van der Waals surface area contributed by atoms with Crippen molar-refractivity contribution in [1.29, 1.82) is 0 Å². The number of nitrogens with one attached hydrogen (secondary N) is 1. The van der Waals surface area contributed by atoms with E-state index in [0.717, 1.165) is 16.9 Å². The maximum Gasteiger partial charge on any atom is 0.265 e. The van der Waals surface area contributed by atoms with E-state index in [9.17, 15) is 18.3 Å². The van der Waals surface area contributed by atoms with Crippen molar-refractivity contribution in [3.8, 4) is 5.75 Å². The van der Waals surface area contributed by atoms with E-state index in [2.05, 4.69) is 5.32 Å². The van der Waals surface area contributed by atoms with Crippen molar-refractivity contribution in [2.24, 2.45) is 0 Å². The van der Waals surface area contributed by atoms with Gasteiger partial charge in [0.25, 0.3) is 5.91 Å². The summed E-state index contributed by atoms with van der Waals surface area (Å²) in [5, 5.41) is 13.6.